The van der Waals surface area contributed by atoms with Crippen molar-refractivity contribution in [2.75, 3.05) is 13.7 Å². The number of hydrogen-bond acceptors (Lipinski definition) is 6. The molecule has 1 heterocycles. The van der Waals surface area contributed by atoms with Crippen LogP contribution >= 0.6 is 0 Å². The number of imidazole rings is 1. The van der Waals surface area contributed by atoms with Crippen molar-refractivity contribution in [3.8, 4) is 11.5 Å². The van der Waals surface area contributed by atoms with Gasteiger partial charge in [-0.05, 0) is 34.5 Å². The van der Waals surface area contributed by atoms with E-state index < -0.39 is 4.92 Å². The maximum Gasteiger partial charge on any atom is 0.381 e. The molecule has 8 heteroatoms. The minimum atomic E-state index is -0.514. The highest BCUT2D eigenvalue weighted by Gasteiger charge is 2.14. The molecule has 0 aliphatic rings. The Morgan fingerprint density at radius 2 is 2.17 bits per heavy atom. The molecule has 23 heavy (non-hydrogen) atoms. The van der Waals surface area contributed by atoms with E-state index in [-0.39, 0.29) is 5.82 Å². The number of methoxy groups -OCH3 is 1. The Hall–Kier alpha value is -2.90. The lowest BCUT2D eigenvalue weighted by atomic mass is 10.2. The number of benzene rings is 1. The summed E-state index contributed by atoms with van der Waals surface area (Å²) in [7, 11) is 1.50. The Kier molecular flexibility index (Phi) is 5.29. The molecular formula is C15H17N3O5. The summed E-state index contributed by atoms with van der Waals surface area (Å²) in [5.74, 6) is 1.47. The van der Waals surface area contributed by atoms with E-state index >= 15 is 0 Å². The van der Waals surface area contributed by atoms with Gasteiger partial charge in [0.25, 0.3) is 0 Å². The van der Waals surface area contributed by atoms with Crippen LogP contribution in [0.5, 0.6) is 11.5 Å². The first-order valence-corrected chi connectivity index (χ1v) is 6.99. The van der Waals surface area contributed by atoms with Crippen LogP contribution in [0, 0.1) is 17.0 Å². The van der Waals surface area contributed by atoms with Crippen LogP contribution in [-0.2, 0) is 6.54 Å². The van der Waals surface area contributed by atoms with Crippen LogP contribution in [0.4, 0.5) is 5.82 Å². The first-order chi connectivity index (χ1) is 11.0. The van der Waals surface area contributed by atoms with Gasteiger partial charge in [0.15, 0.2) is 11.5 Å². The van der Waals surface area contributed by atoms with Crippen LogP contribution < -0.4 is 9.47 Å². The molecule has 0 aliphatic heterocycles. The van der Waals surface area contributed by atoms with E-state index in [1.165, 1.54) is 13.3 Å². The number of aromatic nitrogens is 2. The largest absolute Gasteiger partial charge is 0.493 e. The highest BCUT2D eigenvalue weighted by Crippen LogP contribution is 2.27. The first kappa shape index (κ1) is 16.5. The van der Waals surface area contributed by atoms with Crippen LogP contribution in [0.2, 0.25) is 0 Å². The summed E-state index contributed by atoms with van der Waals surface area (Å²) in [5, 5.41) is 10.7. The molecule has 122 valence electrons. The molecular weight excluding hydrogens is 302 g/mol. The third kappa shape index (κ3) is 4.06. The zero-order valence-corrected chi connectivity index (χ0v) is 12.9. The number of aldehydes is 1. The zero-order valence-electron chi connectivity index (χ0n) is 12.9. The molecule has 2 aromatic rings. The Balaban J connectivity index is 1.90. The van der Waals surface area contributed by atoms with E-state index in [2.05, 4.69) is 4.98 Å². The van der Waals surface area contributed by atoms with Gasteiger partial charge >= 0.3 is 5.82 Å². The normalized spacial score (nSPS) is 10.3. The second-order valence-electron chi connectivity index (χ2n) is 4.83. The van der Waals surface area contributed by atoms with Gasteiger partial charge in [-0.2, -0.15) is 0 Å². The average molecular weight is 319 g/mol. The van der Waals surface area contributed by atoms with Crippen LogP contribution in [0.1, 0.15) is 22.6 Å². The van der Waals surface area contributed by atoms with Gasteiger partial charge in [-0.1, -0.05) is 0 Å². The van der Waals surface area contributed by atoms with E-state index in [0.29, 0.717) is 42.5 Å². The molecule has 0 radical (unpaired) electrons. The van der Waals surface area contributed by atoms with Crippen molar-refractivity contribution in [1.82, 2.24) is 9.55 Å². The van der Waals surface area contributed by atoms with Gasteiger partial charge in [-0.3, -0.25) is 4.79 Å². The standard InChI is InChI=1S/C15H17N3O5/c1-11-16-15(18(20)21)9-17(11)6-3-7-23-13-5-4-12(10-19)8-14(13)22-2/h4-5,8-10H,3,6-7H2,1-2H3. The summed E-state index contributed by atoms with van der Waals surface area (Å²) in [6.07, 6.45) is 2.79. The van der Waals surface area contributed by atoms with E-state index in [1.807, 2.05) is 0 Å². The molecule has 1 aromatic carbocycles. The molecule has 2 rings (SSSR count). The van der Waals surface area contributed by atoms with Crippen molar-refractivity contribution in [3.63, 3.8) is 0 Å². The molecule has 8 nitrogen and oxygen atoms in total. The zero-order chi connectivity index (χ0) is 16.8. The lowest BCUT2D eigenvalue weighted by molar-refractivity contribution is -0.389. The number of carbonyl (C=O) groups is 1. The van der Waals surface area contributed by atoms with Gasteiger partial charge in [0, 0.05) is 19.0 Å². The fourth-order valence-corrected chi connectivity index (χ4v) is 2.10. The summed E-state index contributed by atoms with van der Waals surface area (Å²) in [6.45, 7) is 2.68. The van der Waals surface area contributed by atoms with Crippen LogP contribution in [-0.4, -0.2) is 34.5 Å². The van der Waals surface area contributed by atoms with Crippen molar-refractivity contribution in [1.29, 1.82) is 0 Å². The topological polar surface area (TPSA) is 96.5 Å². The third-order valence-corrected chi connectivity index (χ3v) is 3.28. The first-order valence-electron chi connectivity index (χ1n) is 6.99. The summed E-state index contributed by atoms with van der Waals surface area (Å²) >= 11 is 0. The van der Waals surface area contributed by atoms with Crippen LogP contribution in [0.15, 0.2) is 24.4 Å². The number of rotatable bonds is 8. The predicted octanol–water partition coefficient (Wildman–Crippen LogP) is 2.39. The van der Waals surface area contributed by atoms with Gasteiger partial charge in [-0.25, -0.2) is 0 Å². The van der Waals surface area contributed by atoms with E-state index in [0.717, 1.165) is 6.29 Å². The lowest BCUT2D eigenvalue weighted by Crippen LogP contribution is -2.06. The third-order valence-electron chi connectivity index (χ3n) is 3.28. The van der Waals surface area contributed by atoms with Gasteiger partial charge < -0.3 is 24.2 Å². The SMILES string of the molecule is COc1cc(C=O)ccc1OCCCn1cc([N+](=O)[O-])nc1C. The number of nitrogens with zero attached hydrogens (tertiary/aromatic N) is 3. The molecule has 0 unspecified atom stereocenters. The summed E-state index contributed by atoms with van der Waals surface area (Å²) in [6, 6.07) is 4.93. The Bertz CT molecular complexity index is 711. The number of nitro groups is 1. The number of hydrogen-bond donors (Lipinski definition) is 0. The molecule has 0 saturated carbocycles. The molecule has 0 bridgehead atoms. The fraction of sp³-hybridized carbons (Fsp3) is 0.333. The second kappa shape index (κ2) is 7.39. The van der Waals surface area contributed by atoms with E-state index in [9.17, 15) is 14.9 Å². The van der Waals surface area contributed by atoms with Gasteiger partial charge in [0.1, 0.15) is 12.5 Å². The number of carbonyl (C=O) groups excluding carboxylic acids is 1. The van der Waals surface area contributed by atoms with Crippen molar-refractivity contribution >= 4 is 12.1 Å². The highest BCUT2D eigenvalue weighted by molar-refractivity contribution is 5.76. The monoisotopic (exact) mass is 319 g/mol. The van der Waals surface area contributed by atoms with Crippen molar-refractivity contribution in [3.05, 3.63) is 45.9 Å². The van der Waals surface area contributed by atoms with Crippen LogP contribution in [0.25, 0.3) is 0 Å². The highest BCUT2D eigenvalue weighted by atomic mass is 16.6. The summed E-state index contributed by atoms with van der Waals surface area (Å²) in [4.78, 5) is 24.8. The van der Waals surface area contributed by atoms with E-state index in [1.54, 1.807) is 29.7 Å². The minimum absolute atomic E-state index is 0.158. The Morgan fingerprint density at radius 1 is 1.39 bits per heavy atom. The van der Waals surface area contributed by atoms with Crippen molar-refractivity contribution < 1.29 is 19.2 Å². The van der Waals surface area contributed by atoms with Crippen molar-refractivity contribution in [2.45, 2.75) is 19.9 Å². The number of aryl methyl sites for hydroxylation is 2. The molecule has 0 amide bonds. The molecule has 1 aromatic heterocycles. The van der Waals surface area contributed by atoms with Gasteiger partial charge in [0.05, 0.1) is 13.7 Å². The molecule has 0 saturated heterocycles. The lowest BCUT2D eigenvalue weighted by Gasteiger charge is -2.11. The Labute approximate surface area is 132 Å². The van der Waals surface area contributed by atoms with Gasteiger partial charge in [-0.15, -0.1) is 0 Å². The molecule has 0 atom stereocenters. The van der Waals surface area contributed by atoms with Crippen LogP contribution in [0.3, 0.4) is 0 Å². The predicted molar refractivity (Wildman–Crippen MR) is 82.1 cm³/mol. The van der Waals surface area contributed by atoms with E-state index in [4.69, 9.17) is 9.47 Å². The molecule has 0 spiro atoms. The summed E-state index contributed by atoms with van der Waals surface area (Å²) < 4.78 is 12.5. The maximum atomic E-state index is 10.7. The number of ether oxygens (including phenoxy) is 2. The molecule has 0 N–H and O–H groups in total. The Morgan fingerprint density at radius 3 is 2.78 bits per heavy atom. The quantitative estimate of drug-likeness (QED) is 0.321. The molecule has 0 fully saturated rings. The fourth-order valence-electron chi connectivity index (χ4n) is 2.10. The maximum absolute atomic E-state index is 10.7. The average Bonchev–Trinajstić information content (AvgIpc) is 2.93. The van der Waals surface area contributed by atoms with Gasteiger partial charge in [0.2, 0.25) is 5.82 Å². The minimum Gasteiger partial charge on any atom is -0.493 e. The second-order valence-corrected chi connectivity index (χ2v) is 4.83. The smallest absolute Gasteiger partial charge is 0.381 e. The molecule has 0 aliphatic carbocycles. The van der Waals surface area contributed by atoms with Crippen molar-refractivity contribution in [2.24, 2.45) is 0 Å². The summed E-state index contributed by atoms with van der Waals surface area (Å²) in [5.41, 5.74) is 0.510.